The van der Waals surface area contributed by atoms with Gasteiger partial charge in [-0.25, -0.2) is 0 Å². The molecule has 1 rings (SSSR count). The van der Waals surface area contributed by atoms with Crippen molar-refractivity contribution in [2.24, 2.45) is 5.92 Å². The molecule has 0 amide bonds. The van der Waals surface area contributed by atoms with Crippen LogP contribution in [-0.2, 0) is 6.42 Å². The number of aromatic nitrogens is 2. The van der Waals surface area contributed by atoms with Crippen molar-refractivity contribution in [2.75, 3.05) is 13.1 Å². The number of rotatable bonds is 6. The van der Waals surface area contributed by atoms with E-state index in [1.165, 1.54) is 5.69 Å². The maximum Gasteiger partial charge on any atom is 0.0637 e. The van der Waals surface area contributed by atoms with Crippen molar-refractivity contribution >= 4 is 0 Å². The fraction of sp³-hybridized carbons (Fsp3) is 0.750. The summed E-state index contributed by atoms with van der Waals surface area (Å²) >= 11 is 0. The molecule has 0 aliphatic rings. The lowest BCUT2D eigenvalue weighted by Gasteiger charge is -2.06. The molecule has 0 saturated heterocycles. The van der Waals surface area contributed by atoms with Crippen LogP contribution in [0.3, 0.4) is 0 Å². The molecule has 0 saturated carbocycles. The summed E-state index contributed by atoms with van der Waals surface area (Å²) in [5.41, 5.74) is 1.18. The predicted molar refractivity (Wildman–Crippen MR) is 64.0 cm³/mol. The zero-order valence-corrected chi connectivity index (χ0v) is 10.3. The summed E-state index contributed by atoms with van der Waals surface area (Å²) in [5, 5.41) is 7.93. The standard InChI is InChI=1S/C12H23N3/c1-10(2)9-13-7-5-12-6-8-15(14-12)11(3)4/h6,8,10-11,13H,5,7,9H2,1-4H3. The largest absolute Gasteiger partial charge is 0.316 e. The van der Waals surface area contributed by atoms with Gasteiger partial charge in [-0.3, -0.25) is 4.68 Å². The number of nitrogens with zero attached hydrogens (tertiary/aromatic N) is 2. The SMILES string of the molecule is CC(C)CNCCc1ccn(C(C)C)n1. The van der Waals surface area contributed by atoms with Gasteiger partial charge in [-0.2, -0.15) is 5.10 Å². The van der Waals surface area contributed by atoms with Gasteiger partial charge in [0.2, 0.25) is 0 Å². The summed E-state index contributed by atoms with van der Waals surface area (Å²) in [6.07, 6.45) is 3.08. The van der Waals surface area contributed by atoms with Crippen molar-refractivity contribution in [1.29, 1.82) is 0 Å². The van der Waals surface area contributed by atoms with E-state index in [2.05, 4.69) is 50.4 Å². The highest BCUT2D eigenvalue weighted by molar-refractivity contribution is 4.99. The lowest BCUT2D eigenvalue weighted by molar-refractivity contribution is 0.519. The van der Waals surface area contributed by atoms with E-state index in [0.717, 1.165) is 25.4 Å². The van der Waals surface area contributed by atoms with E-state index in [1.807, 2.05) is 4.68 Å². The third kappa shape index (κ3) is 4.47. The molecule has 1 N–H and O–H groups in total. The molecular formula is C12H23N3. The Balaban J connectivity index is 2.26. The van der Waals surface area contributed by atoms with Crippen LogP contribution in [0.1, 0.15) is 39.4 Å². The van der Waals surface area contributed by atoms with E-state index in [1.54, 1.807) is 0 Å². The van der Waals surface area contributed by atoms with Crippen molar-refractivity contribution in [3.63, 3.8) is 0 Å². The fourth-order valence-electron chi connectivity index (χ4n) is 1.41. The smallest absolute Gasteiger partial charge is 0.0637 e. The minimum absolute atomic E-state index is 0.461. The minimum atomic E-state index is 0.461. The predicted octanol–water partition coefficient (Wildman–Crippen LogP) is 2.25. The van der Waals surface area contributed by atoms with Crippen molar-refractivity contribution in [3.05, 3.63) is 18.0 Å². The molecule has 3 nitrogen and oxygen atoms in total. The van der Waals surface area contributed by atoms with Gasteiger partial charge in [0.25, 0.3) is 0 Å². The summed E-state index contributed by atoms with van der Waals surface area (Å²) < 4.78 is 2.01. The first-order valence-electron chi connectivity index (χ1n) is 5.84. The lowest BCUT2D eigenvalue weighted by atomic mass is 10.2. The Morgan fingerprint density at radius 1 is 1.33 bits per heavy atom. The quantitative estimate of drug-likeness (QED) is 0.728. The zero-order valence-electron chi connectivity index (χ0n) is 10.3. The molecule has 0 radical (unpaired) electrons. The number of hydrogen-bond donors (Lipinski definition) is 1. The van der Waals surface area contributed by atoms with Gasteiger partial charge in [0.15, 0.2) is 0 Å². The molecule has 0 unspecified atom stereocenters. The molecular weight excluding hydrogens is 186 g/mol. The fourth-order valence-corrected chi connectivity index (χ4v) is 1.41. The van der Waals surface area contributed by atoms with Gasteiger partial charge >= 0.3 is 0 Å². The van der Waals surface area contributed by atoms with Crippen LogP contribution < -0.4 is 5.32 Å². The van der Waals surface area contributed by atoms with E-state index < -0.39 is 0 Å². The van der Waals surface area contributed by atoms with Crippen molar-refractivity contribution in [2.45, 2.75) is 40.2 Å². The van der Waals surface area contributed by atoms with E-state index in [9.17, 15) is 0 Å². The van der Waals surface area contributed by atoms with E-state index >= 15 is 0 Å². The molecule has 3 heteroatoms. The Bertz CT molecular complexity index is 276. The molecule has 0 aliphatic heterocycles. The zero-order chi connectivity index (χ0) is 11.3. The van der Waals surface area contributed by atoms with Crippen LogP contribution in [0.5, 0.6) is 0 Å². The van der Waals surface area contributed by atoms with Crippen LogP contribution in [0.15, 0.2) is 12.3 Å². The van der Waals surface area contributed by atoms with Crippen LogP contribution >= 0.6 is 0 Å². The van der Waals surface area contributed by atoms with Gasteiger partial charge in [-0.15, -0.1) is 0 Å². The Morgan fingerprint density at radius 2 is 2.07 bits per heavy atom. The molecule has 1 aromatic rings. The molecule has 0 spiro atoms. The monoisotopic (exact) mass is 209 g/mol. The van der Waals surface area contributed by atoms with Gasteiger partial charge in [0.05, 0.1) is 5.69 Å². The van der Waals surface area contributed by atoms with Crippen LogP contribution in [0, 0.1) is 5.92 Å². The van der Waals surface area contributed by atoms with E-state index in [0.29, 0.717) is 6.04 Å². The highest BCUT2D eigenvalue weighted by Gasteiger charge is 2.01. The molecule has 0 bridgehead atoms. The van der Waals surface area contributed by atoms with E-state index in [-0.39, 0.29) is 0 Å². The first-order chi connectivity index (χ1) is 7.09. The molecule has 0 aromatic carbocycles. The summed E-state index contributed by atoms with van der Waals surface area (Å²) in [4.78, 5) is 0. The van der Waals surface area contributed by atoms with Crippen molar-refractivity contribution < 1.29 is 0 Å². The maximum absolute atomic E-state index is 4.50. The summed E-state index contributed by atoms with van der Waals surface area (Å²) in [6.45, 7) is 10.8. The maximum atomic E-state index is 4.50. The molecule has 0 atom stereocenters. The highest BCUT2D eigenvalue weighted by Crippen LogP contribution is 2.04. The Kier molecular flexibility index (Phi) is 4.82. The lowest BCUT2D eigenvalue weighted by Crippen LogP contribution is -2.22. The molecule has 0 fully saturated rings. The van der Waals surface area contributed by atoms with Crippen LogP contribution in [-0.4, -0.2) is 22.9 Å². The van der Waals surface area contributed by atoms with Crippen LogP contribution in [0.4, 0.5) is 0 Å². The van der Waals surface area contributed by atoms with Crippen molar-refractivity contribution in [3.8, 4) is 0 Å². The highest BCUT2D eigenvalue weighted by atomic mass is 15.3. The van der Waals surface area contributed by atoms with Gasteiger partial charge in [-0.1, -0.05) is 13.8 Å². The van der Waals surface area contributed by atoms with Crippen LogP contribution in [0.2, 0.25) is 0 Å². The second-order valence-corrected chi connectivity index (χ2v) is 4.73. The molecule has 1 heterocycles. The Morgan fingerprint density at radius 3 is 2.60 bits per heavy atom. The molecule has 0 aliphatic carbocycles. The molecule has 86 valence electrons. The van der Waals surface area contributed by atoms with Gasteiger partial charge in [-0.05, 0) is 32.4 Å². The molecule has 15 heavy (non-hydrogen) atoms. The van der Waals surface area contributed by atoms with Gasteiger partial charge in [0.1, 0.15) is 0 Å². The summed E-state index contributed by atoms with van der Waals surface area (Å²) in [7, 11) is 0. The second kappa shape index (κ2) is 5.91. The minimum Gasteiger partial charge on any atom is -0.316 e. The number of hydrogen-bond acceptors (Lipinski definition) is 2. The van der Waals surface area contributed by atoms with Crippen molar-refractivity contribution in [1.82, 2.24) is 15.1 Å². The molecule has 1 aromatic heterocycles. The van der Waals surface area contributed by atoms with Crippen LogP contribution in [0.25, 0.3) is 0 Å². The van der Waals surface area contributed by atoms with Gasteiger partial charge < -0.3 is 5.32 Å². The van der Waals surface area contributed by atoms with Gasteiger partial charge in [0, 0.05) is 25.2 Å². The number of nitrogens with one attached hydrogen (secondary N) is 1. The average molecular weight is 209 g/mol. The Hall–Kier alpha value is -0.830. The Labute approximate surface area is 92.9 Å². The third-order valence-electron chi connectivity index (χ3n) is 2.30. The summed E-state index contributed by atoms with van der Waals surface area (Å²) in [6, 6.07) is 2.57. The topological polar surface area (TPSA) is 29.9 Å². The first kappa shape index (κ1) is 12.2. The first-order valence-corrected chi connectivity index (χ1v) is 5.84. The second-order valence-electron chi connectivity index (χ2n) is 4.73. The van der Waals surface area contributed by atoms with E-state index in [4.69, 9.17) is 0 Å². The summed E-state index contributed by atoms with van der Waals surface area (Å²) in [5.74, 6) is 0.721. The third-order valence-corrected chi connectivity index (χ3v) is 2.30. The average Bonchev–Trinajstić information content (AvgIpc) is 2.60. The normalized spacial score (nSPS) is 11.6.